The second-order valence-corrected chi connectivity index (χ2v) is 6.82. The molecule has 2 amide bonds. The first kappa shape index (κ1) is 16.5. The number of benzene rings is 1. The molecule has 0 aliphatic heterocycles. The monoisotopic (exact) mass is 344 g/mol. The molecule has 0 bridgehead atoms. The van der Waals surface area contributed by atoms with Crippen LogP contribution in [0.1, 0.15) is 41.8 Å². The molecule has 3 rings (SSSR count). The van der Waals surface area contributed by atoms with Crippen LogP contribution in [0.4, 0.5) is 5.00 Å². The Kier molecular flexibility index (Phi) is 4.57. The standard InChI is InChI=1S/C18H20N2O3S/c1-3-9-23-13-6-4-5-11-7-8-12-15(17(19)22)18(20-10(2)21)24-16(12)14(11)13/h4-6H,3,7-9H2,1-2H3,(H2,19,22)(H,20,21). The quantitative estimate of drug-likeness (QED) is 0.872. The van der Waals surface area contributed by atoms with E-state index in [0.29, 0.717) is 17.2 Å². The van der Waals surface area contributed by atoms with E-state index in [1.807, 2.05) is 12.1 Å². The molecule has 24 heavy (non-hydrogen) atoms. The number of rotatable bonds is 5. The van der Waals surface area contributed by atoms with Crippen LogP contribution in [0, 0.1) is 0 Å². The van der Waals surface area contributed by atoms with E-state index >= 15 is 0 Å². The molecule has 2 aromatic rings. The molecule has 126 valence electrons. The zero-order valence-electron chi connectivity index (χ0n) is 13.8. The number of primary amides is 1. The molecule has 1 aliphatic rings. The number of nitrogens with two attached hydrogens (primary N) is 1. The fraction of sp³-hybridized carbons (Fsp3) is 0.333. The summed E-state index contributed by atoms with van der Waals surface area (Å²) in [4.78, 5) is 24.4. The second kappa shape index (κ2) is 6.65. The maximum absolute atomic E-state index is 12.0. The Morgan fingerprint density at radius 3 is 2.79 bits per heavy atom. The number of thiophene rings is 1. The van der Waals surface area contributed by atoms with Crippen molar-refractivity contribution in [2.45, 2.75) is 33.1 Å². The van der Waals surface area contributed by atoms with Crippen LogP contribution in [-0.2, 0) is 17.6 Å². The van der Waals surface area contributed by atoms with E-state index in [2.05, 4.69) is 18.3 Å². The molecule has 0 saturated heterocycles. The molecule has 1 aromatic carbocycles. The Labute approximate surface area is 144 Å². The van der Waals surface area contributed by atoms with Crippen LogP contribution < -0.4 is 15.8 Å². The van der Waals surface area contributed by atoms with Crippen molar-refractivity contribution in [3.05, 3.63) is 34.9 Å². The highest BCUT2D eigenvalue weighted by atomic mass is 32.1. The first-order valence-corrected chi connectivity index (χ1v) is 8.82. The van der Waals surface area contributed by atoms with Crippen LogP contribution in [0.15, 0.2) is 18.2 Å². The molecule has 0 atom stereocenters. The van der Waals surface area contributed by atoms with E-state index in [1.54, 1.807) is 0 Å². The van der Waals surface area contributed by atoms with Crippen LogP contribution in [0.3, 0.4) is 0 Å². The molecule has 1 heterocycles. The molecule has 3 N–H and O–H groups in total. The summed E-state index contributed by atoms with van der Waals surface area (Å²) in [6.45, 7) is 4.12. The number of ether oxygens (including phenoxy) is 1. The summed E-state index contributed by atoms with van der Waals surface area (Å²) in [5, 5.41) is 3.27. The van der Waals surface area contributed by atoms with Crippen LogP contribution in [-0.4, -0.2) is 18.4 Å². The fourth-order valence-electron chi connectivity index (χ4n) is 3.05. The van der Waals surface area contributed by atoms with Gasteiger partial charge in [0.1, 0.15) is 10.8 Å². The smallest absolute Gasteiger partial charge is 0.252 e. The molecular weight excluding hydrogens is 324 g/mol. The summed E-state index contributed by atoms with van der Waals surface area (Å²) in [6, 6.07) is 6.02. The van der Waals surface area contributed by atoms with Gasteiger partial charge >= 0.3 is 0 Å². The summed E-state index contributed by atoms with van der Waals surface area (Å²) in [5.41, 5.74) is 9.15. The summed E-state index contributed by atoms with van der Waals surface area (Å²) in [7, 11) is 0. The van der Waals surface area contributed by atoms with Crippen molar-refractivity contribution in [3.8, 4) is 16.2 Å². The van der Waals surface area contributed by atoms with Gasteiger partial charge in [-0.2, -0.15) is 0 Å². The van der Waals surface area contributed by atoms with Gasteiger partial charge in [0.25, 0.3) is 5.91 Å². The molecule has 5 nitrogen and oxygen atoms in total. The molecule has 6 heteroatoms. The number of nitrogens with one attached hydrogen (secondary N) is 1. The Morgan fingerprint density at radius 1 is 1.33 bits per heavy atom. The third-order valence-corrected chi connectivity index (χ3v) is 5.15. The number of fused-ring (bicyclic) bond motifs is 3. The molecule has 0 radical (unpaired) electrons. The lowest BCUT2D eigenvalue weighted by Gasteiger charge is -2.20. The van der Waals surface area contributed by atoms with Crippen molar-refractivity contribution in [3.63, 3.8) is 0 Å². The van der Waals surface area contributed by atoms with Gasteiger partial charge in [-0.1, -0.05) is 19.1 Å². The number of carbonyl (C=O) groups excluding carboxylic acids is 2. The van der Waals surface area contributed by atoms with Gasteiger partial charge in [0.2, 0.25) is 5.91 Å². The number of aryl methyl sites for hydroxylation is 1. The van der Waals surface area contributed by atoms with Crippen molar-refractivity contribution >= 4 is 28.2 Å². The Hall–Kier alpha value is -2.34. The topological polar surface area (TPSA) is 81.4 Å². The number of carbonyl (C=O) groups is 2. The van der Waals surface area contributed by atoms with Crippen molar-refractivity contribution in [1.82, 2.24) is 0 Å². The van der Waals surface area contributed by atoms with Gasteiger partial charge in [-0.05, 0) is 36.5 Å². The maximum atomic E-state index is 12.0. The summed E-state index contributed by atoms with van der Waals surface area (Å²) < 4.78 is 5.90. The van der Waals surface area contributed by atoms with E-state index in [-0.39, 0.29) is 5.91 Å². The first-order valence-electron chi connectivity index (χ1n) is 8.01. The zero-order chi connectivity index (χ0) is 17.3. The van der Waals surface area contributed by atoms with Gasteiger partial charge in [0, 0.05) is 17.4 Å². The van der Waals surface area contributed by atoms with Gasteiger partial charge in [0.15, 0.2) is 0 Å². The summed E-state index contributed by atoms with van der Waals surface area (Å²) >= 11 is 1.40. The van der Waals surface area contributed by atoms with Crippen LogP contribution in [0.2, 0.25) is 0 Å². The third-order valence-electron chi connectivity index (χ3n) is 3.99. The second-order valence-electron chi connectivity index (χ2n) is 5.80. The largest absolute Gasteiger partial charge is 0.493 e. The lowest BCUT2D eigenvalue weighted by Crippen LogP contribution is -2.17. The molecule has 0 unspecified atom stereocenters. The molecular formula is C18H20N2O3S. The van der Waals surface area contributed by atoms with Gasteiger partial charge in [-0.25, -0.2) is 0 Å². The fourth-order valence-corrected chi connectivity index (χ4v) is 4.43. The maximum Gasteiger partial charge on any atom is 0.252 e. The lowest BCUT2D eigenvalue weighted by molar-refractivity contribution is -0.114. The van der Waals surface area contributed by atoms with E-state index in [9.17, 15) is 9.59 Å². The van der Waals surface area contributed by atoms with Gasteiger partial charge < -0.3 is 15.8 Å². The van der Waals surface area contributed by atoms with Crippen LogP contribution >= 0.6 is 11.3 Å². The number of amides is 2. The minimum Gasteiger partial charge on any atom is -0.493 e. The van der Waals surface area contributed by atoms with Gasteiger partial charge in [-0.15, -0.1) is 11.3 Å². The molecule has 0 saturated carbocycles. The molecule has 0 spiro atoms. The van der Waals surface area contributed by atoms with E-state index in [0.717, 1.165) is 41.0 Å². The average Bonchev–Trinajstić information content (AvgIpc) is 2.89. The summed E-state index contributed by atoms with van der Waals surface area (Å²) in [5.74, 6) is 0.0976. The predicted octanol–water partition coefficient (Wildman–Crippen LogP) is 3.36. The lowest BCUT2D eigenvalue weighted by atomic mass is 9.88. The first-order chi connectivity index (χ1) is 11.5. The summed E-state index contributed by atoms with van der Waals surface area (Å²) in [6.07, 6.45) is 2.47. The Morgan fingerprint density at radius 2 is 2.12 bits per heavy atom. The van der Waals surface area contributed by atoms with E-state index < -0.39 is 5.91 Å². The van der Waals surface area contributed by atoms with Crippen LogP contribution in [0.5, 0.6) is 5.75 Å². The highest BCUT2D eigenvalue weighted by Gasteiger charge is 2.29. The zero-order valence-corrected chi connectivity index (χ0v) is 14.6. The molecule has 0 fully saturated rings. The average molecular weight is 344 g/mol. The van der Waals surface area contributed by atoms with Crippen molar-refractivity contribution in [1.29, 1.82) is 0 Å². The predicted molar refractivity (Wildman–Crippen MR) is 95.8 cm³/mol. The SMILES string of the molecule is CCCOc1cccc2c1-c1sc(NC(C)=O)c(C(N)=O)c1CC2. The highest BCUT2D eigenvalue weighted by Crippen LogP contribution is 2.48. The van der Waals surface area contributed by atoms with Crippen molar-refractivity contribution < 1.29 is 14.3 Å². The van der Waals surface area contributed by atoms with Gasteiger partial charge in [-0.3, -0.25) is 9.59 Å². The normalized spacial score (nSPS) is 12.2. The van der Waals surface area contributed by atoms with Crippen molar-refractivity contribution in [2.24, 2.45) is 5.73 Å². The Balaban J connectivity index is 2.17. The minimum atomic E-state index is -0.508. The molecule has 1 aliphatic carbocycles. The number of anilines is 1. The molecule has 1 aromatic heterocycles. The highest BCUT2D eigenvalue weighted by molar-refractivity contribution is 7.20. The number of hydrogen-bond acceptors (Lipinski definition) is 4. The minimum absolute atomic E-state index is 0.216. The van der Waals surface area contributed by atoms with E-state index in [1.165, 1.54) is 23.8 Å². The van der Waals surface area contributed by atoms with Crippen molar-refractivity contribution in [2.75, 3.05) is 11.9 Å². The third kappa shape index (κ3) is 2.89. The Bertz CT molecular complexity index is 811. The van der Waals surface area contributed by atoms with E-state index in [4.69, 9.17) is 10.5 Å². The number of hydrogen-bond donors (Lipinski definition) is 2. The van der Waals surface area contributed by atoms with Crippen LogP contribution in [0.25, 0.3) is 10.4 Å². The van der Waals surface area contributed by atoms with Gasteiger partial charge in [0.05, 0.1) is 12.2 Å².